The van der Waals surface area contributed by atoms with Gasteiger partial charge in [-0.3, -0.25) is 4.79 Å². The van der Waals surface area contributed by atoms with E-state index in [0.717, 1.165) is 24.7 Å². The largest absolute Gasteiger partial charge is 0.481 e. The SMILES string of the molecule is C[C@]12CCC=CC1=CC[C@H]1[C@@H]3CCC[C@@]3(CC(=O)O)CC[C@@H]12. The van der Waals surface area contributed by atoms with Crippen LogP contribution in [-0.2, 0) is 4.79 Å². The molecular weight excluding hydrogens is 272 g/mol. The van der Waals surface area contributed by atoms with Crippen LogP contribution in [0.5, 0.6) is 0 Å². The van der Waals surface area contributed by atoms with E-state index >= 15 is 0 Å². The molecule has 0 aromatic rings. The van der Waals surface area contributed by atoms with Crippen LogP contribution in [-0.4, -0.2) is 11.1 Å². The van der Waals surface area contributed by atoms with Crippen LogP contribution in [0.4, 0.5) is 0 Å². The smallest absolute Gasteiger partial charge is 0.303 e. The Morgan fingerprint density at radius 2 is 2.14 bits per heavy atom. The average Bonchev–Trinajstić information content (AvgIpc) is 2.89. The highest BCUT2D eigenvalue weighted by atomic mass is 16.4. The molecule has 0 saturated heterocycles. The number of allylic oxidation sites excluding steroid dienone is 4. The van der Waals surface area contributed by atoms with Crippen LogP contribution in [0.15, 0.2) is 23.8 Å². The maximum Gasteiger partial charge on any atom is 0.303 e. The number of aliphatic carboxylic acids is 1. The van der Waals surface area contributed by atoms with E-state index in [-0.39, 0.29) is 5.41 Å². The van der Waals surface area contributed by atoms with Gasteiger partial charge in [0.25, 0.3) is 0 Å². The molecule has 0 spiro atoms. The van der Waals surface area contributed by atoms with Gasteiger partial charge in [0.1, 0.15) is 0 Å². The van der Waals surface area contributed by atoms with Crippen molar-refractivity contribution in [1.82, 2.24) is 0 Å². The van der Waals surface area contributed by atoms with Gasteiger partial charge >= 0.3 is 5.97 Å². The van der Waals surface area contributed by atoms with Gasteiger partial charge in [-0.1, -0.05) is 31.6 Å². The summed E-state index contributed by atoms with van der Waals surface area (Å²) >= 11 is 0. The minimum Gasteiger partial charge on any atom is -0.481 e. The van der Waals surface area contributed by atoms with E-state index in [1.54, 1.807) is 5.57 Å². The fourth-order valence-corrected chi connectivity index (χ4v) is 6.70. The maximum absolute atomic E-state index is 11.4. The van der Waals surface area contributed by atoms with Crippen molar-refractivity contribution in [1.29, 1.82) is 0 Å². The van der Waals surface area contributed by atoms with Crippen molar-refractivity contribution in [2.24, 2.45) is 28.6 Å². The molecule has 0 heterocycles. The summed E-state index contributed by atoms with van der Waals surface area (Å²) < 4.78 is 0. The number of hydrogen-bond acceptors (Lipinski definition) is 1. The second-order valence-corrected chi connectivity index (χ2v) is 8.49. The molecule has 120 valence electrons. The second kappa shape index (κ2) is 4.97. The summed E-state index contributed by atoms with van der Waals surface area (Å²) in [6.07, 6.45) is 17.4. The number of carboxylic acids is 1. The number of rotatable bonds is 2. The van der Waals surface area contributed by atoms with Crippen molar-refractivity contribution in [3.05, 3.63) is 23.8 Å². The molecule has 0 bridgehead atoms. The topological polar surface area (TPSA) is 37.3 Å². The number of carbonyl (C=O) groups is 1. The third kappa shape index (κ3) is 1.95. The Morgan fingerprint density at radius 1 is 1.27 bits per heavy atom. The Bertz CT molecular complexity index is 546. The molecule has 0 unspecified atom stereocenters. The number of carboxylic acid groups (broad SMARTS) is 1. The average molecular weight is 300 g/mol. The lowest BCUT2D eigenvalue weighted by molar-refractivity contribution is -0.143. The molecule has 4 rings (SSSR count). The monoisotopic (exact) mass is 300 g/mol. The first-order valence-corrected chi connectivity index (χ1v) is 9.14. The molecule has 2 fully saturated rings. The van der Waals surface area contributed by atoms with Gasteiger partial charge in [0, 0.05) is 0 Å². The zero-order valence-corrected chi connectivity index (χ0v) is 13.7. The van der Waals surface area contributed by atoms with Crippen LogP contribution < -0.4 is 0 Å². The first-order chi connectivity index (χ1) is 10.6. The highest BCUT2D eigenvalue weighted by Gasteiger charge is 2.56. The van der Waals surface area contributed by atoms with E-state index in [0.29, 0.717) is 17.8 Å². The molecule has 5 atom stereocenters. The fraction of sp³-hybridized carbons (Fsp3) is 0.750. The Hall–Kier alpha value is -1.05. The first-order valence-electron chi connectivity index (χ1n) is 9.14. The molecule has 0 radical (unpaired) electrons. The quantitative estimate of drug-likeness (QED) is 0.782. The summed E-state index contributed by atoms with van der Waals surface area (Å²) in [4.78, 5) is 11.4. The second-order valence-electron chi connectivity index (χ2n) is 8.49. The maximum atomic E-state index is 11.4. The van der Waals surface area contributed by atoms with Crippen molar-refractivity contribution in [2.75, 3.05) is 0 Å². The van der Waals surface area contributed by atoms with E-state index in [2.05, 4.69) is 25.2 Å². The molecule has 4 aliphatic rings. The van der Waals surface area contributed by atoms with Crippen LogP contribution >= 0.6 is 0 Å². The third-order valence-corrected chi connectivity index (χ3v) is 7.68. The van der Waals surface area contributed by atoms with Crippen molar-refractivity contribution >= 4 is 5.97 Å². The summed E-state index contributed by atoms with van der Waals surface area (Å²) in [6, 6.07) is 0. The van der Waals surface area contributed by atoms with E-state index in [4.69, 9.17) is 0 Å². The molecule has 2 heteroatoms. The summed E-state index contributed by atoms with van der Waals surface area (Å²) in [5, 5.41) is 9.42. The predicted molar refractivity (Wildman–Crippen MR) is 87.4 cm³/mol. The summed E-state index contributed by atoms with van der Waals surface area (Å²) in [5.41, 5.74) is 2.05. The van der Waals surface area contributed by atoms with Gasteiger partial charge in [-0.05, 0) is 79.1 Å². The first kappa shape index (κ1) is 14.5. The number of hydrogen-bond donors (Lipinski definition) is 1. The minimum atomic E-state index is -0.579. The van der Waals surface area contributed by atoms with Crippen molar-refractivity contribution < 1.29 is 9.90 Å². The van der Waals surface area contributed by atoms with Gasteiger partial charge in [0.05, 0.1) is 6.42 Å². The summed E-state index contributed by atoms with van der Waals surface area (Å²) in [6.45, 7) is 2.48. The molecule has 22 heavy (non-hydrogen) atoms. The van der Waals surface area contributed by atoms with Gasteiger partial charge in [0.2, 0.25) is 0 Å². The molecule has 2 nitrogen and oxygen atoms in total. The third-order valence-electron chi connectivity index (χ3n) is 7.68. The zero-order valence-electron chi connectivity index (χ0n) is 13.7. The predicted octanol–water partition coefficient (Wildman–Crippen LogP) is 4.96. The van der Waals surface area contributed by atoms with Crippen molar-refractivity contribution in [2.45, 2.75) is 64.7 Å². The molecule has 0 aliphatic heterocycles. The standard InChI is InChI=1S/C20H28O2/c1-19-10-3-2-5-14(19)7-8-15-16(19)9-12-20(13-18(21)22)11-4-6-17(15)20/h2,5,7,15-17H,3-4,6,8-13H2,1H3,(H,21,22)/t15-,16+,17+,19+,20+/m1/s1. The fourth-order valence-electron chi connectivity index (χ4n) is 6.70. The summed E-state index contributed by atoms with van der Waals surface area (Å²) in [5.74, 6) is 1.59. The van der Waals surface area contributed by atoms with Gasteiger partial charge in [-0.15, -0.1) is 0 Å². The molecule has 4 aliphatic carbocycles. The Morgan fingerprint density at radius 3 is 2.95 bits per heavy atom. The van der Waals surface area contributed by atoms with Crippen molar-refractivity contribution in [3.8, 4) is 0 Å². The summed E-state index contributed by atoms with van der Waals surface area (Å²) in [7, 11) is 0. The van der Waals surface area contributed by atoms with Crippen molar-refractivity contribution in [3.63, 3.8) is 0 Å². The van der Waals surface area contributed by atoms with Gasteiger partial charge in [-0.25, -0.2) is 0 Å². The number of fused-ring (bicyclic) bond motifs is 5. The highest BCUT2D eigenvalue weighted by Crippen LogP contribution is 2.65. The van der Waals surface area contributed by atoms with E-state index in [1.165, 1.54) is 38.5 Å². The highest BCUT2D eigenvalue weighted by molar-refractivity contribution is 5.68. The zero-order chi connectivity index (χ0) is 15.4. The van der Waals surface area contributed by atoms with Crippen LogP contribution in [0, 0.1) is 28.6 Å². The Balaban J connectivity index is 1.68. The van der Waals surface area contributed by atoms with Gasteiger partial charge in [-0.2, -0.15) is 0 Å². The lowest BCUT2D eigenvalue weighted by Gasteiger charge is -2.56. The van der Waals surface area contributed by atoms with Crippen LogP contribution in [0.3, 0.4) is 0 Å². The van der Waals surface area contributed by atoms with E-state index in [1.807, 2.05) is 0 Å². The van der Waals surface area contributed by atoms with Gasteiger partial charge in [0.15, 0.2) is 0 Å². The van der Waals surface area contributed by atoms with Crippen LogP contribution in [0.2, 0.25) is 0 Å². The lowest BCUT2D eigenvalue weighted by atomic mass is 9.48. The molecule has 1 N–H and O–H groups in total. The molecule has 0 aromatic carbocycles. The van der Waals surface area contributed by atoms with Gasteiger partial charge < -0.3 is 5.11 Å². The van der Waals surface area contributed by atoms with Crippen LogP contribution in [0.25, 0.3) is 0 Å². The molecule has 2 saturated carbocycles. The van der Waals surface area contributed by atoms with E-state index < -0.39 is 5.97 Å². The molecule has 0 amide bonds. The van der Waals surface area contributed by atoms with E-state index in [9.17, 15) is 9.90 Å². The lowest BCUT2D eigenvalue weighted by Crippen LogP contribution is -2.49. The Kier molecular flexibility index (Phi) is 3.29. The molecular formula is C20H28O2. The normalized spacial score (nSPS) is 46.4. The van der Waals surface area contributed by atoms with Crippen LogP contribution in [0.1, 0.15) is 64.7 Å². The minimum absolute atomic E-state index is 0.124. The Labute approximate surface area is 133 Å². The molecule has 0 aromatic heterocycles.